The smallest absolute Gasteiger partial charge is 0.250 e. The largest absolute Gasteiger partial charge is 0.386 e. The molecule has 1 heterocycles. The Morgan fingerprint density at radius 2 is 2.20 bits per heavy atom. The molecule has 2 unspecified atom stereocenters. The normalized spacial score (nSPS) is 20.4. The van der Waals surface area contributed by atoms with Crippen LogP contribution in [0.5, 0.6) is 0 Å². The van der Waals surface area contributed by atoms with E-state index in [0.29, 0.717) is 28.8 Å². The van der Waals surface area contributed by atoms with Gasteiger partial charge in [-0.2, -0.15) is 0 Å². The average molecular weight is 319 g/mol. The van der Waals surface area contributed by atoms with Crippen molar-refractivity contribution < 1.29 is 14.6 Å². The van der Waals surface area contributed by atoms with Gasteiger partial charge in [0, 0.05) is 35.2 Å². The third kappa shape index (κ3) is 3.84. The average Bonchev–Trinajstić information content (AvgIpc) is 2.45. The van der Waals surface area contributed by atoms with E-state index in [-0.39, 0.29) is 12.5 Å². The molecule has 3 N–H and O–H groups in total. The Morgan fingerprint density at radius 1 is 1.50 bits per heavy atom. The van der Waals surface area contributed by atoms with E-state index in [1.807, 2.05) is 0 Å². The molecule has 2 rings (SSSR count). The van der Waals surface area contributed by atoms with Gasteiger partial charge in [-0.25, -0.2) is 0 Å². The summed E-state index contributed by atoms with van der Waals surface area (Å²) < 4.78 is 5.32. The van der Waals surface area contributed by atoms with Gasteiger partial charge in [0.05, 0.1) is 12.7 Å². The van der Waals surface area contributed by atoms with Crippen molar-refractivity contribution in [3.63, 3.8) is 0 Å². The summed E-state index contributed by atoms with van der Waals surface area (Å²) in [6, 6.07) is 4.98. The lowest BCUT2D eigenvalue weighted by molar-refractivity contribution is -0.134. The number of halogens is 2. The van der Waals surface area contributed by atoms with Gasteiger partial charge in [-0.3, -0.25) is 4.79 Å². The molecule has 0 aromatic heterocycles. The molecule has 20 heavy (non-hydrogen) atoms. The lowest BCUT2D eigenvalue weighted by Gasteiger charge is -2.23. The molecule has 1 aliphatic heterocycles. The first kappa shape index (κ1) is 15.5. The van der Waals surface area contributed by atoms with Crippen molar-refractivity contribution >= 4 is 29.1 Å². The standard InChI is InChI=1S/C13H16Cl2N2O3/c14-8-2-1-3-9(15)12(8)10(18)6-17-13(19)11-7-16-4-5-20-11/h1-3,10-11,16,18H,4-7H2,(H,17,19). The van der Waals surface area contributed by atoms with Crippen molar-refractivity contribution in [2.24, 2.45) is 0 Å². The Balaban J connectivity index is 1.91. The highest BCUT2D eigenvalue weighted by atomic mass is 35.5. The van der Waals surface area contributed by atoms with Gasteiger partial charge >= 0.3 is 0 Å². The van der Waals surface area contributed by atoms with E-state index in [4.69, 9.17) is 27.9 Å². The van der Waals surface area contributed by atoms with Gasteiger partial charge in [0.2, 0.25) is 0 Å². The van der Waals surface area contributed by atoms with E-state index >= 15 is 0 Å². The van der Waals surface area contributed by atoms with Crippen LogP contribution in [0.4, 0.5) is 0 Å². The molecule has 0 aliphatic carbocycles. The zero-order chi connectivity index (χ0) is 14.5. The van der Waals surface area contributed by atoms with E-state index < -0.39 is 12.2 Å². The molecule has 1 fully saturated rings. The summed E-state index contributed by atoms with van der Waals surface area (Å²) >= 11 is 12.0. The monoisotopic (exact) mass is 318 g/mol. The summed E-state index contributed by atoms with van der Waals surface area (Å²) in [6.07, 6.45) is -1.49. The maximum absolute atomic E-state index is 11.9. The highest BCUT2D eigenvalue weighted by molar-refractivity contribution is 6.36. The molecule has 0 radical (unpaired) electrons. The van der Waals surface area contributed by atoms with Crippen molar-refractivity contribution in [1.82, 2.24) is 10.6 Å². The molecule has 7 heteroatoms. The minimum absolute atomic E-state index is 0.0299. The van der Waals surface area contributed by atoms with Gasteiger partial charge in [0.15, 0.2) is 0 Å². The molecule has 1 aromatic rings. The van der Waals surface area contributed by atoms with Crippen molar-refractivity contribution in [3.8, 4) is 0 Å². The second-order valence-electron chi connectivity index (χ2n) is 4.46. The first-order chi connectivity index (χ1) is 9.59. The van der Waals surface area contributed by atoms with Crippen LogP contribution >= 0.6 is 23.2 Å². The van der Waals surface area contributed by atoms with E-state index in [2.05, 4.69) is 10.6 Å². The molecule has 0 saturated carbocycles. The molecular formula is C13H16Cl2N2O3. The highest BCUT2D eigenvalue weighted by Gasteiger charge is 2.23. The maximum atomic E-state index is 11.9. The van der Waals surface area contributed by atoms with E-state index in [9.17, 15) is 9.90 Å². The predicted octanol–water partition coefficient (Wildman–Crippen LogP) is 1.13. The first-order valence-electron chi connectivity index (χ1n) is 6.31. The number of ether oxygens (including phenoxy) is 1. The number of amides is 1. The van der Waals surface area contributed by atoms with Gasteiger partial charge in [-0.15, -0.1) is 0 Å². The van der Waals surface area contributed by atoms with Crippen molar-refractivity contribution in [1.29, 1.82) is 0 Å². The van der Waals surface area contributed by atoms with Crippen LogP contribution in [-0.2, 0) is 9.53 Å². The minimum atomic E-state index is -0.961. The number of benzene rings is 1. The molecule has 5 nitrogen and oxygen atoms in total. The van der Waals surface area contributed by atoms with Crippen LogP contribution in [0.1, 0.15) is 11.7 Å². The van der Waals surface area contributed by atoms with Gasteiger partial charge < -0.3 is 20.5 Å². The van der Waals surface area contributed by atoms with E-state index in [1.54, 1.807) is 18.2 Å². The Bertz CT molecular complexity index is 458. The summed E-state index contributed by atoms with van der Waals surface area (Å²) in [7, 11) is 0. The predicted molar refractivity (Wildman–Crippen MR) is 77.0 cm³/mol. The Hall–Kier alpha value is -0.850. The highest BCUT2D eigenvalue weighted by Crippen LogP contribution is 2.29. The number of carbonyl (C=O) groups is 1. The molecule has 2 atom stereocenters. The number of nitrogens with one attached hydrogen (secondary N) is 2. The summed E-state index contributed by atoms with van der Waals surface area (Å²) in [6.45, 7) is 1.73. The van der Waals surface area contributed by atoms with Crippen LogP contribution in [-0.4, -0.2) is 43.4 Å². The van der Waals surface area contributed by atoms with E-state index in [0.717, 1.165) is 6.54 Å². The molecular weight excluding hydrogens is 303 g/mol. The third-order valence-corrected chi connectivity index (χ3v) is 3.68. The lowest BCUT2D eigenvalue weighted by atomic mass is 10.1. The zero-order valence-corrected chi connectivity index (χ0v) is 12.2. The first-order valence-corrected chi connectivity index (χ1v) is 7.07. The fourth-order valence-corrected chi connectivity index (χ4v) is 2.63. The Labute approximate surface area is 127 Å². The van der Waals surface area contributed by atoms with E-state index in [1.165, 1.54) is 0 Å². The molecule has 110 valence electrons. The summed E-state index contributed by atoms with van der Waals surface area (Å²) in [5.41, 5.74) is 0.416. The van der Waals surface area contributed by atoms with Crippen LogP contribution in [0.2, 0.25) is 10.0 Å². The van der Waals surface area contributed by atoms with Crippen molar-refractivity contribution in [3.05, 3.63) is 33.8 Å². The fourth-order valence-electron chi connectivity index (χ4n) is 1.98. The number of carbonyl (C=O) groups excluding carboxylic acids is 1. The number of morpholine rings is 1. The summed E-state index contributed by atoms with van der Waals surface area (Å²) in [4.78, 5) is 11.9. The van der Waals surface area contributed by atoms with Crippen molar-refractivity contribution in [2.75, 3.05) is 26.2 Å². The zero-order valence-electron chi connectivity index (χ0n) is 10.7. The number of aliphatic hydroxyl groups is 1. The van der Waals surface area contributed by atoms with Crippen LogP contribution in [0, 0.1) is 0 Å². The Morgan fingerprint density at radius 3 is 2.80 bits per heavy atom. The number of hydrogen-bond donors (Lipinski definition) is 3. The quantitative estimate of drug-likeness (QED) is 0.778. The molecule has 1 amide bonds. The summed E-state index contributed by atoms with van der Waals surface area (Å²) in [5.74, 6) is -0.264. The van der Waals surface area contributed by atoms with Gasteiger partial charge in [0.25, 0.3) is 5.91 Å². The lowest BCUT2D eigenvalue weighted by Crippen LogP contribution is -2.48. The second kappa shape index (κ2) is 7.24. The molecule has 1 saturated heterocycles. The number of rotatable bonds is 4. The summed E-state index contributed by atoms with van der Waals surface area (Å²) in [5, 5.41) is 16.5. The number of hydrogen-bond acceptors (Lipinski definition) is 4. The van der Waals surface area contributed by atoms with Crippen LogP contribution < -0.4 is 10.6 Å². The molecule has 1 aliphatic rings. The van der Waals surface area contributed by atoms with Crippen LogP contribution in [0.3, 0.4) is 0 Å². The topological polar surface area (TPSA) is 70.6 Å². The third-order valence-electron chi connectivity index (χ3n) is 3.02. The minimum Gasteiger partial charge on any atom is -0.386 e. The van der Waals surface area contributed by atoms with Gasteiger partial charge in [-0.1, -0.05) is 29.3 Å². The van der Waals surface area contributed by atoms with Gasteiger partial charge in [0.1, 0.15) is 6.10 Å². The van der Waals surface area contributed by atoms with Crippen LogP contribution in [0.15, 0.2) is 18.2 Å². The van der Waals surface area contributed by atoms with Crippen LogP contribution in [0.25, 0.3) is 0 Å². The molecule has 1 aromatic carbocycles. The fraction of sp³-hybridized carbons (Fsp3) is 0.462. The number of aliphatic hydroxyl groups excluding tert-OH is 1. The molecule has 0 spiro atoms. The maximum Gasteiger partial charge on any atom is 0.250 e. The SMILES string of the molecule is O=C(NCC(O)c1c(Cl)cccc1Cl)C1CNCCO1. The molecule has 0 bridgehead atoms. The van der Waals surface area contributed by atoms with Crippen molar-refractivity contribution in [2.45, 2.75) is 12.2 Å². The second-order valence-corrected chi connectivity index (χ2v) is 5.27. The Kier molecular flexibility index (Phi) is 5.63. The van der Waals surface area contributed by atoms with Gasteiger partial charge in [-0.05, 0) is 12.1 Å².